The van der Waals surface area contributed by atoms with Crippen LogP contribution in [0.3, 0.4) is 0 Å². The molecule has 0 aromatic rings. The fraction of sp³-hybridized carbons (Fsp3) is 0.744. The Morgan fingerprint density at radius 3 is 0.850 bits per heavy atom. The molecule has 0 atom stereocenters. The number of hydrogen-bond acceptors (Lipinski definition) is 13. The van der Waals surface area contributed by atoms with Gasteiger partial charge in [-0.05, 0) is 69.4 Å². The van der Waals surface area contributed by atoms with Crippen LogP contribution in [0.5, 0.6) is 0 Å². The van der Waals surface area contributed by atoms with Crippen LogP contribution in [0.2, 0.25) is 0 Å². The molecule has 2 N–H and O–H groups in total. The number of likely N-dealkylation sites (N-methyl/N-ethyl adjacent to an activating group) is 9. The van der Waals surface area contributed by atoms with Gasteiger partial charge in [-0.3, -0.25) is 38.4 Å². The number of nitrogens with two attached hydrogens (primary N) is 1. The van der Waals surface area contributed by atoms with Gasteiger partial charge in [0.2, 0.25) is 49.3 Å². The van der Waals surface area contributed by atoms with E-state index in [0.717, 1.165) is 13.1 Å². The highest BCUT2D eigenvalue weighted by molar-refractivity contribution is 5.81. The molecular formula is C39H83N11O10. The minimum Gasteiger partial charge on any atom is -0.345 e. The van der Waals surface area contributed by atoms with Crippen molar-refractivity contribution in [2.24, 2.45) is 5.73 Å². The van der Waals surface area contributed by atoms with Crippen LogP contribution in [0.4, 0.5) is 0 Å². The average molecular weight is 866 g/mol. The lowest BCUT2D eigenvalue weighted by Gasteiger charge is -2.17. The zero-order chi connectivity index (χ0) is 49.0. The van der Waals surface area contributed by atoms with Gasteiger partial charge in [0.05, 0.1) is 39.3 Å². The Morgan fingerprint density at radius 1 is 0.417 bits per heavy atom. The normalized spacial score (nSPS) is 9.03. The van der Waals surface area contributed by atoms with E-state index in [-0.39, 0.29) is 56.4 Å². The Hall–Kier alpha value is -5.02. The van der Waals surface area contributed by atoms with E-state index in [1.807, 2.05) is 46.8 Å². The molecule has 0 unspecified atom stereocenters. The summed E-state index contributed by atoms with van der Waals surface area (Å²) in [7, 11) is 20.3. The molecule has 0 spiro atoms. The summed E-state index contributed by atoms with van der Waals surface area (Å²) < 4.78 is 0. The Morgan fingerprint density at radius 2 is 0.683 bits per heavy atom. The molecule has 8 amide bonds. The van der Waals surface area contributed by atoms with Crippen LogP contribution in [0, 0.1) is 0 Å². The third-order valence-electron chi connectivity index (χ3n) is 7.54. The predicted molar refractivity (Wildman–Crippen MR) is 237 cm³/mol. The molecule has 0 aliphatic carbocycles. The van der Waals surface area contributed by atoms with Crippen molar-refractivity contribution in [2.75, 3.05) is 150 Å². The molecule has 0 radical (unpaired) electrons. The largest absolute Gasteiger partial charge is 0.345 e. The Bertz CT molecular complexity index is 1100. The van der Waals surface area contributed by atoms with E-state index in [0.29, 0.717) is 63.9 Å². The number of aldehydes is 2. The molecule has 0 aromatic heterocycles. The summed E-state index contributed by atoms with van der Waals surface area (Å²) in [6.07, 6.45) is 3.76. The first-order valence-corrected chi connectivity index (χ1v) is 19.3. The van der Waals surface area contributed by atoms with Gasteiger partial charge >= 0.3 is 0 Å². The fourth-order valence-corrected chi connectivity index (χ4v) is 2.77. The van der Waals surface area contributed by atoms with Crippen LogP contribution in [0.1, 0.15) is 41.5 Å². The zero-order valence-electron chi connectivity index (χ0n) is 40.2. The predicted octanol–water partition coefficient (Wildman–Crippen LogP) is -1.94. The van der Waals surface area contributed by atoms with Crippen molar-refractivity contribution in [2.45, 2.75) is 47.6 Å². The smallest absolute Gasteiger partial charge is 0.242 e. The zero-order valence-corrected chi connectivity index (χ0v) is 40.2. The minimum absolute atomic E-state index is 0.00778. The molecule has 0 aliphatic rings. The van der Waals surface area contributed by atoms with Gasteiger partial charge in [0.25, 0.3) is 0 Å². The van der Waals surface area contributed by atoms with E-state index in [1.165, 1.54) is 45.6 Å². The van der Waals surface area contributed by atoms with Gasteiger partial charge in [0, 0.05) is 82.1 Å². The maximum atomic E-state index is 11.1. The topological polar surface area (TPSA) is 229 Å². The second-order valence-corrected chi connectivity index (χ2v) is 13.3. The number of carbonyl (C=O) groups excluding carboxylic acids is 10. The lowest BCUT2D eigenvalue weighted by Crippen LogP contribution is -2.36. The summed E-state index contributed by atoms with van der Waals surface area (Å²) in [6.45, 7) is 16.7. The van der Waals surface area contributed by atoms with E-state index in [4.69, 9.17) is 0 Å². The van der Waals surface area contributed by atoms with Crippen molar-refractivity contribution in [3.8, 4) is 0 Å². The van der Waals surface area contributed by atoms with Crippen LogP contribution in [0.25, 0.3) is 0 Å². The molecule has 21 heteroatoms. The van der Waals surface area contributed by atoms with Crippen LogP contribution >= 0.6 is 0 Å². The van der Waals surface area contributed by atoms with Crippen LogP contribution in [-0.2, 0) is 47.9 Å². The van der Waals surface area contributed by atoms with E-state index in [1.54, 1.807) is 49.9 Å². The maximum absolute atomic E-state index is 11.1. The quantitative estimate of drug-likeness (QED) is 0.124. The number of nitrogens with zero attached hydrogens (tertiary/aromatic N) is 10. The SMILES string of the molecule is CCN(C)C(=O)CN(C)C.CCN(C)C(=O)CN(C)C=O.CCN(C)C(=O)CN(C)C=O.CCN(C)C(C)C.CN.CN(C=O)CC(=O)N(C)CC=O.CN(C=O)CC=O. The van der Waals surface area contributed by atoms with Crippen molar-refractivity contribution in [1.82, 2.24) is 49.0 Å². The van der Waals surface area contributed by atoms with Gasteiger partial charge < -0.3 is 64.3 Å². The molecule has 0 rings (SSSR count). The molecule has 0 heterocycles. The Labute approximate surface area is 361 Å². The first-order chi connectivity index (χ1) is 27.9. The number of carbonyl (C=O) groups is 10. The second-order valence-electron chi connectivity index (χ2n) is 13.3. The Kier molecular flexibility index (Phi) is 56.1. The summed E-state index contributed by atoms with van der Waals surface area (Å²) in [4.78, 5) is 119. The number of amides is 8. The Balaban J connectivity index is -0.000000112. The van der Waals surface area contributed by atoms with Crippen molar-refractivity contribution >= 4 is 61.8 Å². The summed E-state index contributed by atoms with van der Waals surface area (Å²) in [6, 6.07) is 0.699. The molecule has 0 fully saturated rings. The number of rotatable bonds is 21. The number of hydrogen-bond donors (Lipinski definition) is 1. The van der Waals surface area contributed by atoms with E-state index in [2.05, 4.69) is 38.5 Å². The molecule has 0 saturated heterocycles. The van der Waals surface area contributed by atoms with Gasteiger partial charge in [-0.2, -0.15) is 0 Å². The van der Waals surface area contributed by atoms with Gasteiger partial charge in [0.1, 0.15) is 12.6 Å². The lowest BCUT2D eigenvalue weighted by molar-refractivity contribution is -0.135. The molecule has 0 bridgehead atoms. The molecule has 0 aromatic carbocycles. The van der Waals surface area contributed by atoms with Crippen molar-refractivity contribution in [3.05, 3.63) is 0 Å². The minimum atomic E-state index is -0.253. The second kappa shape index (κ2) is 48.3. The standard InChI is InChI=1S/C7H12N2O3.2C7H14N2O2.C7H16N2O.C6H15N.C4H7NO2.CH5N/c1-8(6-11)5-7(12)9(2)3-4-10;2*1-4-9(3)7(11)5-8(2)6-10;1-5-9(4)7(10)6-8(2)3;1-5-7(4)6(2)3;1-5(4-7)2-3-6;1-2/h4,6H,3,5H2,1-2H3;2*6H,4-5H2,1-3H3;5-6H2,1-4H3;6H,5H2,1-4H3;3-4H,2H2,1H3;2H2,1H3. The lowest BCUT2D eigenvalue weighted by atomic mass is 10.3. The highest BCUT2D eigenvalue weighted by atomic mass is 16.2. The summed E-state index contributed by atoms with van der Waals surface area (Å²) in [5.74, 6) is -0.159. The van der Waals surface area contributed by atoms with Crippen molar-refractivity contribution in [3.63, 3.8) is 0 Å². The first kappa shape index (κ1) is 69.6. The van der Waals surface area contributed by atoms with E-state index < -0.39 is 0 Å². The highest BCUT2D eigenvalue weighted by Gasteiger charge is 2.10. The van der Waals surface area contributed by atoms with Gasteiger partial charge in [-0.25, -0.2) is 0 Å². The molecule has 354 valence electrons. The van der Waals surface area contributed by atoms with Crippen molar-refractivity contribution in [1.29, 1.82) is 0 Å². The van der Waals surface area contributed by atoms with Crippen LogP contribution < -0.4 is 5.73 Å². The van der Waals surface area contributed by atoms with Crippen molar-refractivity contribution < 1.29 is 47.9 Å². The third-order valence-corrected chi connectivity index (χ3v) is 7.54. The van der Waals surface area contributed by atoms with Crippen LogP contribution in [0.15, 0.2) is 0 Å². The van der Waals surface area contributed by atoms with E-state index in [9.17, 15) is 47.9 Å². The third kappa shape index (κ3) is 51.0. The molecule has 21 nitrogen and oxygen atoms in total. The molecule has 0 saturated carbocycles. The van der Waals surface area contributed by atoms with Gasteiger partial charge in [-0.15, -0.1) is 0 Å². The van der Waals surface area contributed by atoms with E-state index >= 15 is 0 Å². The molecule has 60 heavy (non-hydrogen) atoms. The monoisotopic (exact) mass is 866 g/mol. The van der Waals surface area contributed by atoms with Gasteiger partial charge in [0.15, 0.2) is 0 Å². The van der Waals surface area contributed by atoms with Crippen LogP contribution in [-0.4, -0.2) is 267 Å². The molecule has 0 aliphatic heterocycles. The summed E-state index contributed by atoms with van der Waals surface area (Å²) >= 11 is 0. The fourth-order valence-electron chi connectivity index (χ4n) is 2.77. The van der Waals surface area contributed by atoms with Gasteiger partial charge in [-0.1, -0.05) is 6.92 Å². The maximum Gasteiger partial charge on any atom is 0.242 e. The first-order valence-electron chi connectivity index (χ1n) is 19.3. The average Bonchev–Trinajstić information content (AvgIpc) is 3.23. The summed E-state index contributed by atoms with van der Waals surface area (Å²) in [5.41, 5.74) is 4.50. The highest BCUT2D eigenvalue weighted by Crippen LogP contribution is 1.90. The molecular weight excluding hydrogens is 782 g/mol. The summed E-state index contributed by atoms with van der Waals surface area (Å²) in [5, 5.41) is 0.